The Morgan fingerprint density at radius 2 is 2.00 bits per heavy atom. The van der Waals surface area contributed by atoms with Crippen LogP contribution in [0.2, 0.25) is 0 Å². The van der Waals surface area contributed by atoms with Crippen LogP contribution < -0.4 is 15.8 Å². The molecule has 1 amide bonds. The van der Waals surface area contributed by atoms with Crippen LogP contribution in [0.1, 0.15) is 6.92 Å². The number of hydrogen-bond acceptors (Lipinski definition) is 7. The lowest BCUT2D eigenvalue weighted by Crippen LogP contribution is -2.22. The summed E-state index contributed by atoms with van der Waals surface area (Å²) in [6.07, 6.45) is -4.72. The largest absolute Gasteiger partial charge is 0.573 e. The van der Waals surface area contributed by atoms with E-state index in [-0.39, 0.29) is 5.75 Å². The van der Waals surface area contributed by atoms with Crippen molar-refractivity contribution in [3.8, 4) is 5.75 Å². The predicted octanol–water partition coefficient (Wildman–Crippen LogP) is 3.15. The monoisotopic (exact) mass is 364 g/mol. The topological polar surface area (TPSA) is 90.1 Å². The van der Waals surface area contributed by atoms with Crippen LogP contribution in [-0.4, -0.2) is 27.7 Å². The molecule has 1 atom stereocenters. The number of aromatic nitrogens is 2. The van der Waals surface area contributed by atoms with Crippen molar-refractivity contribution in [2.24, 2.45) is 5.73 Å². The molecule has 1 aromatic heterocycles. The highest BCUT2D eigenvalue weighted by molar-refractivity contribution is 8.02. The van der Waals surface area contributed by atoms with E-state index in [9.17, 15) is 18.0 Å². The maximum atomic E-state index is 12.1. The smallest absolute Gasteiger partial charge is 0.406 e. The lowest BCUT2D eigenvalue weighted by molar-refractivity contribution is -0.274. The molecule has 0 radical (unpaired) electrons. The van der Waals surface area contributed by atoms with Gasteiger partial charge in [-0.25, -0.2) is 0 Å². The Labute approximate surface area is 137 Å². The molecule has 2 rings (SSSR count). The number of nitrogens with one attached hydrogen (secondary N) is 1. The number of amides is 1. The second-order valence-corrected chi connectivity index (χ2v) is 6.80. The van der Waals surface area contributed by atoms with Gasteiger partial charge in [-0.3, -0.25) is 4.79 Å². The number of alkyl halides is 3. The minimum Gasteiger partial charge on any atom is -0.406 e. The standard InChI is InChI=1S/C12H11F3N4O2S2/c1-6(9(16)20)22-11-19-18-10(23-11)17-7-2-4-8(5-3-7)21-12(13,14)15/h2-6H,1H3,(H2,16,20)(H,17,18)/t6-/m0/s1. The number of carbonyl (C=O) groups is 1. The van der Waals surface area contributed by atoms with Crippen LogP contribution in [0.15, 0.2) is 28.6 Å². The molecule has 0 spiro atoms. The van der Waals surface area contributed by atoms with Gasteiger partial charge in [0, 0.05) is 5.69 Å². The van der Waals surface area contributed by atoms with E-state index < -0.39 is 17.5 Å². The minimum absolute atomic E-state index is 0.313. The number of thioether (sulfide) groups is 1. The van der Waals surface area contributed by atoms with Gasteiger partial charge >= 0.3 is 6.36 Å². The number of nitrogens with zero attached hydrogens (tertiary/aromatic N) is 2. The third-order valence-corrected chi connectivity index (χ3v) is 4.47. The molecule has 23 heavy (non-hydrogen) atoms. The van der Waals surface area contributed by atoms with Gasteiger partial charge in [-0.05, 0) is 31.2 Å². The van der Waals surface area contributed by atoms with Gasteiger partial charge in [0.2, 0.25) is 11.0 Å². The molecule has 3 N–H and O–H groups in total. The molecule has 0 saturated carbocycles. The van der Waals surface area contributed by atoms with E-state index >= 15 is 0 Å². The maximum absolute atomic E-state index is 12.1. The fourth-order valence-corrected chi connectivity index (χ4v) is 3.25. The Kier molecular flexibility index (Phi) is 5.31. The van der Waals surface area contributed by atoms with Gasteiger partial charge in [-0.2, -0.15) is 0 Å². The van der Waals surface area contributed by atoms with E-state index in [0.29, 0.717) is 15.2 Å². The van der Waals surface area contributed by atoms with Crippen molar-refractivity contribution < 1.29 is 22.7 Å². The van der Waals surface area contributed by atoms with Gasteiger partial charge in [-0.1, -0.05) is 23.1 Å². The van der Waals surface area contributed by atoms with Crippen LogP contribution in [0.3, 0.4) is 0 Å². The fraction of sp³-hybridized carbons (Fsp3) is 0.250. The molecular formula is C12H11F3N4O2S2. The molecule has 11 heteroatoms. The maximum Gasteiger partial charge on any atom is 0.573 e. The number of hydrogen-bond donors (Lipinski definition) is 2. The summed E-state index contributed by atoms with van der Waals surface area (Å²) >= 11 is 2.38. The molecule has 0 aliphatic carbocycles. The van der Waals surface area contributed by atoms with E-state index in [0.717, 1.165) is 0 Å². The van der Waals surface area contributed by atoms with Crippen LogP contribution in [0, 0.1) is 0 Å². The first-order valence-corrected chi connectivity index (χ1v) is 7.85. The van der Waals surface area contributed by atoms with Crippen molar-refractivity contribution in [1.82, 2.24) is 10.2 Å². The first kappa shape index (κ1) is 17.3. The van der Waals surface area contributed by atoms with Crippen molar-refractivity contribution in [1.29, 1.82) is 0 Å². The highest BCUT2D eigenvalue weighted by Crippen LogP contribution is 2.31. The zero-order chi connectivity index (χ0) is 17.0. The Morgan fingerprint density at radius 1 is 1.35 bits per heavy atom. The van der Waals surface area contributed by atoms with Gasteiger partial charge in [0.15, 0.2) is 4.34 Å². The number of primary amides is 1. The third kappa shape index (κ3) is 5.60. The summed E-state index contributed by atoms with van der Waals surface area (Å²) in [5.41, 5.74) is 5.68. The number of rotatable bonds is 6. The minimum atomic E-state index is -4.72. The summed E-state index contributed by atoms with van der Waals surface area (Å²) in [4.78, 5) is 11.0. The molecule has 0 saturated heterocycles. The van der Waals surface area contributed by atoms with E-state index in [1.807, 2.05) is 0 Å². The lowest BCUT2D eigenvalue weighted by Gasteiger charge is -2.09. The molecule has 0 bridgehead atoms. The quantitative estimate of drug-likeness (QED) is 0.766. The Balaban J connectivity index is 1.97. The summed E-state index contributed by atoms with van der Waals surface area (Å²) in [6.45, 7) is 1.65. The SMILES string of the molecule is C[C@H](Sc1nnc(Nc2ccc(OC(F)(F)F)cc2)s1)C(N)=O. The van der Waals surface area contributed by atoms with Gasteiger partial charge < -0.3 is 15.8 Å². The second-order valence-electron chi connectivity index (χ2n) is 4.23. The first-order chi connectivity index (χ1) is 10.7. The van der Waals surface area contributed by atoms with E-state index in [1.165, 1.54) is 47.4 Å². The summed E-state index contributed by atoms with van der Waals surface area (Å²) < 4.78 is 40.5. The van der Waals surface area contributed by atoms with Gasteiger partial charge in [0.1, 0.15) is 5.75 Å². The molecule has 124 valence electrons. The highest BCUT2D eigenvalue weighted by atomic mass is 32.2. The molecule has 1 heterocycles. The van der Waals surface area contributed by atoms with Crippen molar-refractivity contribution in [3.63, 3.8) is 0 Å². The Morgan fingerprint density at radius 3 is 2.57 bits per heavy atom. The molecule has 0 fully saturated rings. The summed E-state index contributed by atoms with van der Waals surface area (Å²) in [5.74, 6) is -0.771. The zero-order valence-corrected chi connectivity index (χ0v) is 13.3. The van der Waals surface area contributed by atoms with Crippen LogP contribution in [0.25, 0.3) is 0 Å². The number of benzene rings is 1. The number of halogens is 3. The second kappa shape index (κ2) is 7.04. The molecule has 6 nitrogen and oxygen atoms in total. The molecule has 0 aliphatic rings. The van der Waals surface area contributed by atoms with Gasteiger partial charge in [0.05, 0.1) is 5.25 Å². The van der Waals surface area contributed by atoms with Gasteiger partial charge in [0.25, 0.3) is 0 Å². The van der Waals surface area contributed by atoms with Crippen LogP contribution in [0.4, 0.5) is 24.0 Å². The number of carbonyl (C=O) groups excluding carboxylic acids is 1. The molecule has 1 aromatic carbocycles. The number of ether oxygens (including phenoxy) is 1. The first-order valence-electron chi connectivity index (χ1n) is 6.15. The molecular weight excluding hydrogens is 353 g/mol. The van der Waals surface area contributed by atoms with E-state index in [1.54, 1.807) is 6.92 Å². The van der Waals surface area contributed by atoms with Crippen molar-refractivity contribution in [3.05, 3.63) is 24.3 Å². The summed E-state index contributed by atoms with van der Waals surface area (Å²) in [7, 11) is 0. The third-order valence-electron chi connectivity index (χ3n) is 2.42. The fourth-order valence-electron chi connectivity index (χ4n) is 1.38. The van der Waals surface area contributed by atoms with Crippen LogP contribution in [-0.2, 0) is 4.79 Å². The average Bonchev–Trinajstić information content (AvgIpc) is 2.86. The Bertz CT molecular complexity index is 676. The van der Waals surface area contributed by atoms with Crippen molar-refractivity contribution >= 4 is 39.8 Å². The summed E-state index contributed by atoms with van der Waals surface area (Å²) in [6, 6.07) is 5.20. The number of anilines is 2. The Hall–Kier alpha value is -2.01. The molecule has 0 unspecified atom stereocenters. The van der Waals surface area contributed by atoms with E-state index in [2.05, 4.69) is 20.3 Å². The predicted molar refractivity (Wildman–Crippen MR) is 80.8 cm³/mol. The highest BCUT2D eigenvalue weighted by Gasteiger charge is 2.30. The van der Waals surface area contributed by atoms with Crippen molar-refractivity contribution in [2.45, 2.75) is 22.9 Å². The van der Waals surface area contributed by atoms with Crippen LogP contribution in [0.5, 0.6) is 5.75 Å². The van der Waals surface area contributed by atoms with Gasteiger partial charge in [-0.15, -0.1) is 23.4 Å². The van der Waals surface area contributed by atoms with Crippen LogP contribution >= 0.6 is 23.1 Å². The summed E-state index contributed by atoms with van der Waals surface area (Å²) in [5, 5.41) is 10.7. The zero-order valence-electron chi connectivity index (χ0n) is 11.6. The number of nitrogens with two attached hydrogens (primary N) is 1. The molecule has 2 aromatic rings. The molecule has 0 aliphatic heterocycles. The average molecular weight is 364 g/mol. The normalized spacial score (nSPS) is 12.7. The van der Waals surface area contributed by atoms with E-state index in [4.69, 9.17) is 5.73 Å². The van der Waals surface area contributed by atoms with Crippen molar-refractivity contribution in [2.75, 3.05) is 5.32 Å². The lowest BCUT2D eigenvalue weighted by atomic mass is 10.3.